The molecule has 5 aromatic rings. The summed E-state index contributed by atoms with van der Waals surface area (Å²) in [7, 11) is 7.92. The third-order valence-electron chi connectivity index (χ3n) is 7.85. The van der Waals surface area contributed by atoms with Gasteiger partial charge in [-0.15, -0.1) is 40.1 Å². The normalized spacial score (nSPS) is 12.0. The molecule has 1 heterocycles. The first kappa shape index (κ1) is 33.5. The zero-order valence-electron chi connectivity index (χ0n) is 26.0. The van der Waals surface area contributed by atoms with Gasteiger partial charge in [0.1, 0.15) is 0 Å². The number of fused-ring (bicyclic) bond motifs is 4. The van der Waals surface area contributed by atoms with E-state index in [9.17, 15) is 0 Å². The van der Waals surface area contributed by atoms with Gasteiger partial charge in [0.05, 0.1) is 25.7 Å². The molecule has 1 aliphatic heterocycles. The molecule has 0 saturated carbocycles. The molecule has 0 fully saturated rings. The van der Waals surface area contributed by atoms with E-state index < -0.39 is 37.0 Å². The average Bonchev–Trinajstić information content (AvgIpc) is 3.54. The zero-order valence-corrected chi connectivity index (χ0v) is 33.0. The predicted molar refractivity (Wildman–Crippen MR) is 192 cm³/mol. The van der Waals surface area contributed by atoms with Gasteiger partial charge in [0.2, 0.25) is 0 Å². The zero-order chi connectivity index (χ0) is 30.7. The molecule has 0 aliphatic carbocycles. The van der Waals surface area contributed by atoms with Crippen LogP contribution in [-0.2, 0) is 27.3 Å². The van der Waals surface area contributed by atoms with Crippen LogP contribution in [0.25, 0.3) is 33.0 Å². The number of rotatable bonds is 4. The van der Waals surface area contributed by atoms with E-state index >= 15 is 0 Å². The second-order valence-corrected chi connectivity index (χ2v) is 28.2. The van der Waals surface area contributed by atoms with E-state index in [1.807, 2.05) is 6.07 Å². The first-order valence-corrected chi connectivity index (χ1v) is 28.9. The fourth-order valence-electron chi connectivity index (χ4n) is 5.40. The summed E-state index contributed by atoms with van der Waals surface area (Å²) < 4.78 is 0. The Morgan fingerprint density at radius 1 is 0.810 bits per heavy atom. The van der Waals surface area contributed by atoms with Crippen LogP contribution in [0.5, 0.6) is 0 Å². The van der Waals surface area contributed by atoms with Crippen molar-refractivity contribution in [1.82, 2.24) is 0 Å². The van der Waals surface area contributed by atoms with Crippen LogP contribution in [0.2, 0.25) is 39.3 Å². The molecule has 0 unspecified atom stereocenters. The number of aryl methyl sites for hydroxylation is 2. The maximum atomic E-state index is 4.93. The smallest absolute Gasteiger partial charge is 0.0920 e. The average molecular weight is 719 g/mol. The summed E-state index contributed by atoms with van der Waals surface area (Å²) in [6.45, 7) is 19.3. The largest absolute Gasteiger partial charge is 0.184 e. The molecular weight excluding hydrogens is 679 g/mol. The van der Waals surface area contributed by atoms with E-state index in [-0.39, 0.29) is 0 Å². The molecule has 42 heavy (non-hydrogen) atoms. The van der Waals surface area contributed by atoms with Crippen molar-refractivity contribution >= 4 is 74.2 Å². The number of benzene rings is 4. The number of hydrogen-bond donors (Lipinski definition) is 0. The molecule has 0 spiro atoms. The topological polar surface area (TPSA) is 0 Å². The van der Waals surface area contributed by atoms with E-state index in [1.165, 1.54) is 54.5 Å². The van der Waals surface area contributed by atoms with E-state index in [4.69, 9.17) is 17.0 Å². The fraction of sp³-hybridized carbons (Fsp3) is 0.250. The first-order valence-electron chi connectivity index (χ1n) is 14.6. The van der Waals surface area contributed by atoms with Crippen LogP contribution < -0.4 is 20.7 Å². The Labute approximate surface area is 276 Å². The quantitative estimate of drug-likeness (QED) is 0.127. The Balaban J connectivity index is 0.000000209. The third-order valence-corrected chi connectivity index (χ3v) is 13.3. The minimum absolute atomic E-state index is 0.795. The molecule has 5 aromatic carbocycles. The van der Waals surface area contributed by atoms with Crippen LogP contribution in [0.3, 0.4) is 0 Å². The summed E-state index contributed by atoms with van der Waals surface area (Å²) in [5.74, 6) is 0. The van der Waals surface area contributed by atoms with Gasteiger partial charge < -0.3 is 0 Å². The molecule has 2 radical (unpaired) electrons. The van der Waals surface area contributed by atoms with Crippen LogP contribution in [0.15, 0.2) is 84.9 Å². The van der Waals surface area contributed by atoms with Gasteiger partial charge >= 0.3 is 37.9 Å². The minimum atomic E-state index is -1.37. The first-order chi connectivity index (χ1) is 19.9. The molecule has 0 atom stereocenters. The molecule has 214 valence electrons. The monoisotopic (exact) mass is 716 g/mol. The number of halogens is 2. The van der Waals surface area contributed by atoms with Crippen LogP contribution in [0.1, 0.15) is 18.1 Å². The molecule has 0 aromatic heterocycles. The van der Waals surface area contributed by atoms with Crippen molar-refractivity contribution < 1.29 is 20.8 Å². The Hall–Kier alpha value is -1.40. The van der Waals surface area contributed by atoms with E-state index in [2.05, 4.69) is 138 Å². The van der Waals surface area contributed by atoms with Crippen LogP contribution in [0, 0.1) is 13.0 Å². The summed E-state index contributed by atoms with van der Waals surface area (Å²) >= 11 is -0.826. The van der Waals surface area contributed by atoms with Crippen LogP contribution in [0.4, 0.5) is 0 Å². The van der Waals surface area contributed by atoms with Crippen molar-refractivity contribution in [2.45, 2.75) is 59.6 Å². The van der Waals surface area contributed by atoms with Gasteiger partial charge in [-0.2, -0.15) is 35.5 Å². The molecule has 0 nitrogen and oxygen atoms in total. The van der Waals surface area contributed by atoms with Crippen molar-refractivity contribution in [3.63, 3.8) is 0 Å². The maximum absolute atomic E-state index is 4.93. The summed E-state index contributed by atoms with van der Waals surface area (Å²) in [5.41, 5.74) is 8.48. The molecule has 0 saturated heterocycles. The Bertz CT molecular complexity index is 1600. The van der Waals surface area contributed by atoms with Gasteiger partial charge in [-0.3, -0.25) is 0 Å². The maximum Gasteiger partial charge on any atom is 0.0920 e. The van der Waals surface area contributed by atoms with Crippen molar-refractivity contribution in [1.29, 1.82) is 0 Å². The summed E-state index contributed by atoms with van der Waals surface area (Å²) in [4.78, 5) is 0. The van der Waals surface area contributed by atoms with Gasteiger partial charge in [-0.1, -0.05) is 121 Å². The summed E-state index contributed by atoms with van der Waals surface area (Å²) in [5, 5.41) is 8.81. The third kappa shape index (κ3) is 7.81. The van der Waals surface area contributed by atoms with Crippen molar-refractivity contribution in [2.24, 2.45) is 0 Å². The molecular formula is C36H40Cl2Si3Zr. The molecule has 0 bridgehead atoms. The van der Waals surface area contributed by atoms with Crippen molar-refractivity contribution in [3.8, 4) is 22.3 Å². The second kappa shape index (κ2) is 14.1. The predicted octanol–water partition coefficient (Wildman–Crippen LogP) is 8.69. The summed E-state index contributed by atoms with van der Waals surface area (Å²) in [6, 6.07) is 35.0. The Morgan fingerprint density at radius 3 is 2.05 bits per heavy atom. The molecule has 0 N–H and O–H groups in total. The standard InChI is InChI=1S/C24H33Si2.C12H7Si.2ClH.Zr/c1-9-18-12-19-11-10-17(2)24(23(19)13-18)20-14-21(25(3,4)5)16-22(15-20)26(6,7)8;1-3-7-11-9(5-1)10-6-2-4-8-12(10)13-11;;;/h10-16H,9H2,1-8H3;1-7H;2*1H;/q2*-1;;;+4/p-2. The van der Waals surface area contributed by atoms with Gasteiger partial charge in [0.15, 0.2) is 0 Å². The van der Waals surface area contributed by atoms with Gasteiger partial charge in [-0.05, 0) is 18.9 Å². The Morgan fingerprint density at radius 2 is 1.43 bits per heavy atom. The van der Waals surface area contributed by atoms with Crippen LogP contribution in [-0.4, -0.2) is 25.7 Å². The number of hydrogen-bond acceptors (Lipinski definition) is 0. The van der Waals surface area contributed by atoms with E-state index in [1.54, 1.807) is 10.4 Å². The van der Waals surface area contributed by atoms with Crippen molar-refractivity contribution in [2.75, 3.05) is 0 Å². The van der Waals surface area contributed by atoms with Gasteiger partial charge in [0, 0.05) is 0 Å². The molecule has 6 rings (SSSR count). The summed E-state index contributed by atoms with van der Waals surface area (Å²) in [6.07, 6.45) is 1.10. The van der Waals surface area contributed by atoms with E-state index in [0.717, 1.165) is 15.9 Å². The molecule has 1 aliphatic rings. The van der Waals surface area contributed by atoms with Crippen molar-refractivity contribution in [3.05, 3.63) is 102 Å². The van der Waals surface area contributed by atoms with Gasteiger partial charge in [-0.25, -0.2) is 0 Å². The Kier molecular flexibility index (Phi) is 11.3. The second-order valence-electron chi connectivity index (χ2n) is 13.0. The molecule has 0 amide bonds. The van der Waals surface area contributed by atoms with Gasteiger partial charge in [0.25, 0.3) is 0 Å². The fourth-order valence-corrected chi connectivity index (χ4v) is 9.21. The SMILES string of the molecule is CCc1cc2c(-c3cc([Si](C)(C)C)cc([Si](C)(C)C)c3)c(C)ccc2[cH-]1.[Cl][Zr+2][Cl].[c-]1cccc2c1[Si]c1ccccc1-2. The minimum Gasteiger partial charge on any atom is -0.184 e. The molecule has 6 heteroatoms. The van der Waals surface area contributed by atoms with Crippen LogP contribution >= 0.6 is 17.0 Å². The van der Waals surface area contributed by atoms with E-state index in [0.29, 0.717) is 0 Å².